The molecule has 7 nitrogen and oxygen atoms in total. The Morgan fingerprint density at radius 1 is 1.00 bits per heavy atom. The first-order valence-corrected chi connectivity index (χ1v) is 10.2. The number of tetrazole rings is 1. The summed E-state index contributed by atoms with van der Waals surface area (Å²) < 4.78 is 1.60. The Labute approximate surface area is 159 Å². The topological polar surface area (TPSA) is 84.7 Å². The van der Waals surface area contributed by atoms with Gasteiger partial charge in [0, 0.05) is 18.1 Å². The lowest BCUT2D eigenvalue weighted by molar-refractivity contribution is -0.122. The SMILES string of the molecule is O=C(Cc1ccc(-n2cnnn2)cc1)N[C@H]1CC[C@H]1NC1CCCCCC1. The van der Waals surface area contributed by atoms with Crippen LogP contribution in [0, 0.1) is 0 Å². The molecule has 0 spiro atoms. The number of amides is 1. The van der Waals surface area contributed by atoms with E-state index in [1.54, 1.807) is 11.0 Å². The maximum absolute atomic E-state index is 12.4. The fourth-order valence-corrected chi connectivity index (χ4v) is 4.11. The molecular formula is C20H28N6O. The minimum Gasteiger partial charge on any atom is -0.352 e. The number of hydrogen-bond acceptors (Lipinski definition) is 5. The first kappa shape index (κ1) is 18.1. The van der Waals surface area contributed by atoms with Gasteiger partial charge in [-0.1, -0.05) is 37.8 Å². The minimum atomic E-state index is 0.0996. The van der Waals surface area contributed by atoms with Gasteiger partial charge >= 0.3 is 0 Å². The third-order valence-electron chi connectivity index (χ3n) is 5.84. The number of carbonyl (C=O) groups excluding carboxylic acids is 1. The first-order valence-electron chi connectivity index (χ1n) is 10.2. The van der Waals surface area contributed by atoms with Crippen molar-refractivity contribution in [2.75, 3.05) is 0 Å². The van der Waals surface area contributed by atoms with Gasteiger partial charge < -0.3 is 10.6 Å². The molecule has 144 valence electrons. The van der Waals surface area contributed by atoms with Crippen LogP contribution in [0.15, 0.2) is 30.6 Å². The van der Waals surface area contributed by atoms with Crippen LogP contribution < -0.4 is 10.6 Å². The van der Waals surface area contributed by atoms with E-state index in [0.29, 0.717) is 18.5 Å². The second kappa shape index (κ2) is 8.61. The molecule has 1 heterocycles. The second-order valence-electron chi connectivity index (χ2n) is 7.81. The Hall–Kier alpha value is -2.28. The molecule has 0 aliphatic heterocycles. The number of benzene rings is 1. The summed E-state index contributed by atoms with van der Waals surface area (Å²) in [5, 5.41) is 18.2. The molecule has 1 amide bonds. The smallest absolute Gasteiger partial charge is 0.224 e. The monoisotopic (exact) mass is 368 g/mol. The van der Waals surface area contributed by atoms with E-state index < -0.39 is 0 Å². The fraction of sp³-hybridized carbons (Fsp3) is 0.600. The van der Waals surface area contributed by atoms with Crippen molar-refractivity contribution in [2.45, 2.75) is 75.9 Å². The molecule has 2 saturated carbocycles. The lowest BCUT2D eigenvalue weighted by Crippen LogP contribution is -2.59. The molecule has 0 bridgehead atoms. The number of aromatic nitrogens is 4. The number of carbonyl (C=O) groups is 1. The van der Waals surface area contributed by atoms with Crippen LogP contribution in [0.5, 0.6) is 0 Å². The molecule has 2 atom stereocenters. The zero-order chi connectivity index (χ0) is 18.5. The lowest BCUT2D eigenvalue weighted by atomic mass is 9.85. The quantitative estimate of drug-likeness (QED) is 0.764. The maximum Gasteiger partial charge on any atom is 0.224 e. The van der Waals surface area contributed by atoms with Crippen molar-refractivity contribution in [3.8, 4) is 5.69 Å². The normalized spacial score (nSPS) is 23.4. The van der Waals surface area contributed by atoms with Crippen LogP contribution in [0.4, 0.5) is 0 Å². The lowest BCUT2D eigenvalue weighted by Gasteiger charge is -2.40. The van der Waals surface area contributed by atoms with Gasteiger partial charge in [-0.2, -0.15) is 0 Å². The van der Waals surface area contributed by atoms with E-state index in [1.165, 1.54) is 44.9 Å². The third-order valence-corrected chi connectivity index (χ3v) is 5.84. The van der Waals surface area contributed by atoms with Gasteiger partial charge in [0.2, 0.25) is 5.91 Å². The van der Waals surface area contributed by atoms with Crippen molar-refractivity contribution in [3.05, 3.63) is 36.2 Å². The molecule has 1 aromatic heterocycles. The Kier molecular flexibility index (Phi) is 5.77. The molecular weight excluding hydrogens is 340 g/mol. The van der Waals surface area contributed by atoms with Crippen molar-refractivity contribution in [1.29, 1.82) is 0 Å². The predicted octanol–water partition coefficient (Wildman–Crippen LogP) is 2.16. The van der Waals surface area contributed by atoms with Crippen LogP contribution >= 0.6 is 0 Å². The zero-order valence-corrected chi connectivity index (χ0v) is 15.7. The van der Waals surface area contributed by atoms with Crippen molar-refractivity contribution < 1.29 is 4.79 Å². The zero-order valence-electron chi connectivity index (χ0n) is 15.7. The van der Waals surface area contributed by atoms with Crippen LogP contribution in [0.2, 0.25) is 0 Å². The Bertz CT molecular complexity index is 721. The molecule has 2 aromatic rings. The van der Waals surface area contributed by atoms with Crippen molar-refractivity contribution in [2.24, 2.45) is 0 Å². The van der Waals surface area contributed by atoms with Gasteiger partial charge in [0.15, 0.2) is 0 Å². The predicted molar refractivity (Wildman–Crippen MR) is 102 cm³/mol. The van der Waals surface area contributed by atoms with Crippen LogP contribution in [0.1, 0.15) is 56.9 Å². The molecule has 2 aliphatic rings. The van der Waals surface area contributed by atoms with Crippen molar-refractivity contribution in [1.82, 2.24) is 30.8 Å². The Morgan fingerprint density at radius 3 is 2.37 bits per heavy atom. The molecule has 2 fully saturated rings. The highest BCUT2D eigenvalue weighted by molar-refractivity contribution is 5.79. The minimum absolute atomic E-state index is 0.0996. The molecule has 2 N–H and O–H groups in total. The van der Waals surface area contributed by atoms with E-state index in [4.69, 9.17) is 0 Å². The van der Waals surface area contributed by atoms with Gasteiger partial charge in [-0.3, -0.25) is 4.79 Å². The van der Waals surface area contributed by atoms with Crippen LogP contribution in [0.25, 0.3) is 5.69 Å². The number of hydrogen-bond donors (Lipinski definition) is 2. The highest BCUT2D eigenvalue weighted by Crippen LogP contribution is 2.24. The molecule has 1 aromatic carbocycles. The summed E-state index contributed by atoms with van der Waals surface area (Å²) >= 11 is 0. The van der Waals surface area contributed by atoms with Crippen LogP contribution in [0.3, 0.4) is 0 Å². The fourth-order valence-electron chi connectivity index (χ4n) is 4.11. The third kappa shape index (κ3) is 4.71. The van der Waals surface area contributed by atoms with E-state index >= 15 is 0 Å². The van der Waals surface area contributed by atoms with Gasteiger partial charge in [-0.05, 0) is 53.8 Å². The molecule has 0 saturated heterocycles. The van der Waals surface area contributed by atoms with Crippen molar-refractivity contribution in [3.63, 3.8) is 0 Å². The van der Waals surface area contributed by atoms with E-state index in [-0.39, 0.29) is 11.9 Å². The summed E-state index contributed by atoms with van der Waals surface area (Å²) in [5.74, 6) is 0.0996. The Balaban J connectivity index is 1.25. The first-order chi connectivity index (χ1) is 13.3. The molecule has 27 heavy (non-hydrogen) atoms. The Morgan fingerprint density at radius 2 is 1.74 bits per heavy atom. The van der Waals surface area contributed by atoms with Crippen LogP contribution in [-0.4, -0.2) is 44.2 Å². The average Bonchev–Trinajstić information content (AvgIpc) is 3.08. The summed E-state index contributed by atoms with van der Waals surface area (Å²) in [6.07, 6.45) is 12.2. The van der Waals surface area contributed by atoms with Gasteiger partial charge in [0.1, 0.15) is 6.33 Å². The molecule has 0 unspecified atom stereocenters. The molecule has 0 radical (unpaired) electrons. The standard InChI is InChI=1S/C20H28N6O/c27-20(13-15-7-9-17(10-8-15)26-14-21-24-25-26)23-19-12-11-18(19)22-16-5-3-1-2-4-6-16/h7-10,14,16,18-19,22H,1-6,11-13H2,(H,23,27)/t18-,19+/m1/s1. The maximum atomic E-state index is 12.4. The summed E-state index contributed by atoms with van der Waals surface area (Å²) in [6.45, 7) is 0. The largest absolute Gasteiger partial charge is 0.352 e. The summed E-state index contributed by atoms with van der Waals surface area (Å²) in [7, 11) is 0. The average molecular weight is 368 g/mol. The van der Waals surface area contributed by atoms with E-state index in [1.807, 2.05) is 24.3 Å². The molecule has 7 heteroatoms. The number of rotatable bonds is 6. The summed E-state index contributed by atoms with van der Waals surface area (Å²) in [5.41, 5.74) is 1.88. The molecule has 2 aliphatic carbocycles. The van der Waals surface area contributed by atoms with Gasteiger partial charge in [-0.15, -0.1) is 5.10 Å². The molecule has 4 rings (SSSR count). The number of nitrogens with one attached hydrogen (secondary N) is 2. The number of nitrogens with zero attached hydrogens (tertiary/aromatic N) is 4. The summed E-state index contributed by atoms with van der Waals surface area (Å²) in [4.78, 5) is 12.4. The highest BCUT2D eigenvalue weighted by atomic mass is 16.1. The highest BCUT2D eigenvalue weighted by Gasteiger charge is 2.33. The second-order valence-corrected chi connectivity index (χ2v) is 7.81. The van der Waals surface area contributed by atoms with Gasteiger partial charge in [0.25, 0.3) is 0 Å². The van der Waals surface area contributed by atoms with Gasteiger partial charge in [-0.25, -0.2) is 4.68 Å². The van der Waals surface area contributed by atoms with Gasteiger partial charge in [0.05, 0.1) is 12.1 Å². The van der Waals surface area contributed by atoms with E-state index in [2.05, 4.69) is 26.2 Å². The van der Waals surface area contributed by atoms with E-state index in [0.717, 1.165) is 17.7 Å². The summed E-state index contributed by atoms with van der Waals surface area (Å²) in [6, 6.07) is 9.13. The van der Waals surface area contributed by atoms with E-state index in [9.17, 15) is 4.79 Å². The van der Waals surface area contributed by atoms with Crippen LogP contribution in [-0.2, 0) is 11.2 Å². The van der Waals surface area contributed by atoms with Crippen molar-refractivity contribution >= 4 is 5.91 Å².